The molecule has 17 heavy (non-hydrogen) atoms. The van der Waals surface area contributed by atoms with Crippen molar-refractivity contribution in [1.29, 1.82) is 0 Å². The lowest BCUT2D eigenvalue weighted by molar-refractivity contribution is 0.415. The van der Waals surface area contributed by atoms with Crippen molar-refractivity contribution in [2.45, 2.75) is 26.2 Å². The van der Waals surface area contributed by atoms with Crippen LogP contribution in [-0.2, 0) is 0 Å². The summed E-state index contributed by atoms with van der Waals surface area (Å²) < 4.78 is 5.27. The van der Waals surface area contributed by atoms with Crippen molar-refractivity contribution in [2.24, 2.45) is 5.92 Å². The van der Waals surface area contributed by atoms with Crippen molar-refractivity contribution in [3.05, 3.63) is 18.2 Å². The average Bonchev–Trinajstić information content (AvgIpc) is 2.55. The summed E-state index contributed by atoms with van der Waals surface area (Å²) in [6.07, 6.45) is 3.81. The van der Waals surface area contributed by atoms with Gasteiger partial charge in [-0.25, -0.2) is 0 Å². The van der Waals surface area contributed by atoms with Gasteiger partial charge < -0.3 is 15.4 Å². The summed E-state index contributed by atoms with van der Waals surface area (Å²) >= 11 is 0. The molecule has 0 aliphatic carbocycles. The summed E-state index contributed by atoms with van der Waals surface area (Å²) in [5, 5.41) is 0. The van der Waals surface area contributed by atoms with Gasteiger partial charge in [0, 0.05) is 19.2 Å². The Balaban J connectivity index is 2.20. The minimum absolute atomic E-state index is 0.826. The monoisotopic (exact) mass is 234 g/mol. The molecule has 0 bridgehead atoms. The van der Waals surface area contributed by atoms with Gasteiger partial charge in [-0.2, -0.15) is 0 Å². The minimum Gasteiger partial charge on any atom is -0.497 e. The molecule has 0 radical (unpaired) electrons. The van der Waals surface area contributed by atoms with Gasteiger partial charge >= 0.3 is 0 Å². The summed E-state index contributed by atoms with van der Waals surface area (Å²) in [4.78, 5) is 2.39. The number of methoxy groups -OCH3 is 1. The van der Waals surface area contributed by atoms with Gasteiger partial charge in [-0.15, -0.1) is 0 Å². The van der Waals surface area contributed by atoms with Crippen LogP contribution in [0.15, 0.2) is 18.2 Å². The van der Waals surface area contributed by atoms with E-state index in [0.29, 0.717) is 0 Å². The predicted octanol–water partition coefficient (Wildman–Crippen LogP) is 2.90. The van der Waals surface area contributed by atoms with Gasteiger partial charge in [0.2, 0.25) is 0 Å². The summed E-state index contributed by atoms with van der Waals surface area (Å²) in [5.74, 6) is 1.71. The maximum Gasteiger partial charge on any atom is 0.121 e. The molecule has 1 aliphatic rings. The van der Waals surface area contributed by atoms with Crippen LogP contribution in [0.3, 0.4) is 0 Å². The molecule has 1 saturated heterocycles. The molecule has 0 aromatic heterocycles. The number of hydrogen-bond donors (Lipinski definition) is 1. The van der Waals surface area contributed by atoms with Crippen molar-refractivity contribution >= 4 is 11.4 Å². The fraction of sp³-hybridized carbons (Fsp3) is 0.571. The van der Waals surface area contributed by atoms with E-state index in [0.717, 1.165) is 36.1 Å². The minimum atomic E-state index is 0.826. The van der Waals surface area contributed by atoms with E-state index in [1.54, 1.807) is 7.11 Å². The number of benzene rings is 1. The molecule has 2 N–H and O–H groups in total. The average molecular weight is 234 g/mol. The Kier molecular flexibility index (Phi) is 3.77. The van der Waals surface area contributed by atoms with Crippen LogP contribution in [0.1, 0.15) is 26.2 Å². The number of nitrogens with zero attached hydrogens (tertiary/aromatic N) is 1. The highest BCUT2D eigenvalue weighted by molar-refractivity contribution is 5.69. The third-order valence-electron chi connectivity index (χ3n) is 3.60. The number of nitrogens with two attached hydrogens (primary N) is 1. The lowest BCUT2D eigenvalue weighted by Gasteiger charge is -2.24. The van der Waals surface area contributed by atoms with Gasteiger partial charge in [0.25, 0.3) is 0 Å². The SMILES string of the molecule is COc1ccc(N)c(N2CCCC(C)CC2)c1. The molecule has 1 atom stereocenters. The highest BCUT2D eigenvalue weighted by Crippen LogP contribution is 2.30. The molecule has 0 spiro atoms. The largest absolute Gasteiger partial charge is 0.497 e. The van der Waals surface area contributed by atoms with Gasteiger partial charge in [0.05, 0.1) is 18.5 Å². The molecule has 2 rings (SSSR count). The van der Waals surface area contributed by atoms with E-state index in [9.17, 15) is 0 Å². The molecule has 0 amide bonds. The Bertz CT molecular complexity index is 378. The Morgan fingerprint density at radius 2 is 2.12 bits per heavy atom. The zero-order chi connectivity index (χ0) is 12.3. The molecule has 0 saturated carbocycles. The van der Waals surface area contributed by atoms with Crippen LogP contribution in [0.25, 0.3) is 0 Å². The van der Waals surface area contributed by atoms with Crippen molar-refractivity contribution in [3.8, 4) is 5.75 Å². The van der Waals surface area contributed by atoms with Crippen molar-refractivity contribution in [3.63, 3.8) is 0 Å². The van der Waals surface area contributed by atoms with Crippen molar-refractivity contribution in [2.75, 3.05) is 30.8 Å². The Labute approximate surface area is 104 Å². The Morgan fingerprint density at radius 3 is 2.88 bits per heavy atom. The van der Waals surface area contributed by atoms with Crippen LogP contribution >= 0.6 is 0 Å². The van der Waals surface area contributed by atoms with Crippen LogP contribution in [0.4, 0.5) is 11.4 Å². The Hall–Kier alpha value is -1.38. The van der Waals surface area contributed by atoms with Crippen LogP contribution in [-0.4, -0.2) is 20.2 Å². The number of hydrogen-bond acceptors (Lipinski definition) is 3. The van der Waals surface area contributed by atoms with Crippen LogP contribution < -0.4 is 15.4 Å². The number of anilines is 2. The van der Waals surface area contributed by atoms with Gasteiger partial charge in [-0.3, -0.25) is 0 Å². The lowest BCUT2D eigenvalue weighted by atomic mass is 10.0. The lowest BCUT2D eigenvalue weighted by Crippen LogP contribution is -2.25. The second kappa shape index (κ2) is 5.30. The zero-order valence-electron chi connectivity index (χ0n) is 10.8. The third-order valence-corrected chi connectivity index (χ3v) is 3.60. The number of rotatable bonds is 2. The van der Waals surface area contributed by atoms with Gasteiger partial charge in [-0.1, -0.05) is 6.92 Å². The van der Waals surface area contributed by atoms with Crippen LogP contribution in [0.5, 0.6) is 5.75 Å². The fourth-order valence-electron chi connectivity index (χ4n) is 2.43. The highest BCUT2D eigenvalue weighted by atomic mass is 16.5. The van der Waals surface area contributed by atoms with E-state index in [-0.39, 0.29) is 0 Å². The normalized spacial score (nSPS) is 21.1. The van der Waals surface area contributed by atoms with Gasteiger partial charge in [0.15, 0.2) is 0 Å². The van der Waals surface area contributed by atoms with Crippen molar-refractivity contribution in [1.82, 2.24) is 0 Å². The summed E-state index contributed by atoms with van der Waals surface area (Å²) in [6.45, 7) is 4.53. The smallest absolute Gasteiger partial charge is 0.121 e. The van der Waals surface area contributed by atoms with E-state index < -0.39 is 0 Å². The van der Waals surface area contributed by atoms with E-state index in [4.69, 9.17) is 10.5 Å². The van der Waals surface area contributed by atoms with E-state index in [1.807, 2.05) is 18.2 Å². The summed E-state index contributed by atoms with van der Waals surface area (Å²) in [5.41, 5.74) is 8.03. The standard InChI is InChI=1S/C14H22N2O/c1-11-4-3-8-16(9-7-11)14-10-12(17-2)5-6-13(14)15/h5-6,10-11H,3-4,7-9,15H2,1-2H3. The topological polar surface area (TPSA) is 38.5 Å². The molecule has 3 heteroatoms. The molecule has 94 valence electrons. The van der Waals surface area contributed by atoms with E-state index in [1.165, 1.54) is 19.3 Å². The first kappa shape index (κ1) is 12.1. The third kappa shape index (κ3) is 2.84. The second-order valence-corrected chi connectivity index (χ2v) is 4.95. The quantitative estimate of drug-likeness (QED) is 0.800. The molecule has 1 unspecified atom stereocenters. The molecule has 1 heterocycles. The molecule has 1 aromatic rings. The van der Waals surface area contributed by atoms with Crippen LogP contribution in [0, 0.1) is 5.92 Å². The molecule has 1 aliphatic heterocycles. The summed E-state index contributed by atoms with van der Waals surface area (Å²) in [6, 6.07) is 5.90. The van der Waals surface area contributed by atoms with Crippen LogP contribution in [0.2, 0.25) is 0 Å². The van der Waals surface area contributed by atoms with Crippen molar-refractivity contribution < 1.29 is 4.74 Å². The first-order chi connectivity index (χ1) is 8.20. The maximum absolute atomic E-state index is 6.06. The molecular formula is C14H22N2O. The zero-order valence-corrected chi connectivity index (χ0v) is 10.8. The number of nitrogen functional groups attached to an aromatic ring is 1. The van der Waals surface area contributed by atoms with E-state index in [2.05, 4.69) is 11.8 Å². The Morgan fingerprint density at radius 1 is 1.29 bits per heavy atom. The summed E-state index contributed by atoms with van der Waals surface area (Å²) in [7, 11) is 1.69. The molecule has 3 nitrogen and oxygen atoms in total. The molecule has 1 aromatic carbocycles. The highest BCUT2D eigenvalue weighted by Gasteiger charge is 2.16. The maximum atomic E-state index is 6.06. The number of ether oxygens (including phenoxy) is 1. The van der Waals surface area contributed by atoms with E-state index >= 15 is 0 Å². The predicted molar refractivity (Wildman–Crippen MR) is 72.6 cm³/mol. The molecule has 1 fully saturated rings. The first-order valence-corrected chi connectivity index (χ1v) is 6.39. The van der Waals surface area contributed by atoms with Gasteiger partial charge in [0.1, 0.15) is 5.75 Å². The fourth-order valence-corrected chi connectivity index (χ4v) is 2.43. The van der Waals surface area contributed by atoms with Gasteiger partial charge in [-0.05, 0) is 37.3 Å². The molecular weight excluding hydrogens is 212 g/mol. The second-order valence-electron chi connectivity index (χ2n) is 4.95. The first-order valence-electron chi connectivity index (χ1n) is 6.39.